The van der Waals surface area contributed by atoms with Crippen molar-refractivity contribution in [2.45, 2.75) is 6.54 Å². The Morgan fingerprint density at radius 1 is 1.05 bits per heavy atom. The predicted octanol–water partition coefficient (Wildman–Crippen LogP) is 3.52. The molecular formula is C15H13N3OS. The first-order chi connectivity index (χ1) is 9.83. The highest BCUT2D eigenvalue weighted by molar-refractivity contribution is 7.09. The van der Waals surface area contributed by atoms with Gasteiger partial charge in [0, 0.05) is 22.8 Å². The van der Waals surface area contributed by atoms with E-state index >= 15 is 0 Å². The fraction of sp³-hybridized carbons (Fsp3) is 0.0667. The summed E-state index contributed by atoms with van der Waals surface area (Å²) >= 11 is 1.70. The average molecular weight is 283 g/mol. The Bertz CT molecular complexity index is 681. The lowest BCUT2D eigenvalue weighted by Gasteiger charge is -2.09. The molecule has 0 aliphatic carbocycles. The van der Waals surface area contributed by atoms with Crippen molar-refractivity contribution in [1.29, 1.82) is 0 Å². The fourth-order valence-corrected chi connectivity index (χ4v) is 2.53. The van der Waals surface area contributed by atoms with Crippen LogP contribution in [0.2, 0.25) is 0 Å². The van der Waals surface area contributed by atoms with Gasteiger partial charge in [-0.2, -0.15) is 0 Å². The topological polar surface area (TPSA) is 58.0 Å². The van der Waals surface area contributed by atoms with Crippen molar-refractivity contribution >= 4 is 17.2 Å². The summed E-state index contributed by atoms with van der Waals surface area (Å²) < 4.78 is 0. The van der Waals surface area contributed by atoms with Crippen LogP contribution in [-0.2, 0) is 6.54 Å². The summed E-state index contributed by atoms with van der Waals surface area (Å²) in [5.74, 6) is 0.984. The lowest BCUT2D eigenvalue weighted by Crippen LogP contribution is -2.02. The van der Waals surface area contributed by atoms with Crippen LogP contribution in [0.15, 0.2) is 54.2 Å². The highest BCUT2D eigenvalue weighted by atomic mass is 32.1. The van der Waals surface area contributed by atoms with E-state index in [9.17, 15) is 5.11 Å². The lowest BCUT2D eigenvalue weighted by molar-refractivity contribution is 0.475. The summed E-state index contributed by atoms with van der Waals surface area (Å²) in [6.07, 6.45) is 3.33. The van der Waals surface area contributed by atoms with Gasteiger partial charge in [-0.15, -0.1) is 11.3 Å². The van der Waals surface area contributed by atoms with Crippen LogP contribution in [0.25, 0.3) is 11.3 Å². The highest BCUT2D eigenvalue weighted by Gasteiger charge is 2.07. The van der Waals surface area contributed by atoms with Crippen LogP contribution < -0.4 is 5.32 Å². The van der Waals surface area contributed by atoms with Gasteiger partial charge in [0.15, 0.2) is 5.82 Å². The van der Waals surface area contributed by atoms with Gasteiger partial charge in [-0.25, -0.2) is 4.98 Å². The van der Waals surface area contributed by atoms with E-state index in [-0.39, 0.29) is 5.75 Å². The third kappa shape index (κ3) is 2.78. The molecular weight excluding hydrogens is 270 g/mol. The molecule has 20 heavy (non-hydrogen) atoms. The van der Waals surface area contributed by atoms with Crippen molar-refractivity contribution in [3.63, 3.8) is 0 Å². The summed E-state index contributed by atoms with van der Waals surface area (Å²) in [7, 11) is 0. The Morgan fingerprint density at radius 3 is 2.60 bits per heavy atom. The molecule has 0 unspecified atom stereocenters. The third-order valence-electron chi connectivity index (χ3n) is 2.85. The molecule has 0 atom stereocenters. The molecule has 0 aliphatic heterocycles. The molecule has 0 saturated heterocycles. The number of hydrogen-bond acceptors (Lipinski definition) is 5. The number of benzene rings is 1. The monoisotopic (exact) mass is 283 g/mol. The number of thiophene rings is 1. The molecule has 100 valence electrons. The van der Waals surface area contributed by atoms with E-state index in [2.05, 4.69) is 26.7 Å². The number of aromatic hydroxyl groups is 1. The van der Waals surface area contributed by atoms with E-state index in [1.54, 1.807) is 35.9 Å². The van der Waals surface area contributed by atoms with Crippen LogP contribution in [0.5, 0.6) is 5.75 Å². The quantitative estimate of drug-likeness (QED) is 0.769. The molecule has 0 saturated carbocycles. The van der Waals surface area contributed by atoms with E-state index in [4.69, 9.17) is 0 Å². The van der Waals surface area contributed by atoms with Crippen LogP contribution in [0.1, 0.15) is 4.88 Å². The van der Waals surface area contributed by atoms with Gasteiger partial charge >= 0.3 is 0 Å². The molecule has 0 amide bonds. The maximum Gasteiger partial charge on any atom is 0.152 e. The summed E-state index contributed by atoms with van der Waals surface area (Å²) in [5, 5.41) is 14.7. The van der Waals surface area contributed by atoms with Gasteiger partial charge in [-0.05, 0) is 35.7 Å². The second kappa shape index (κ2) is 5.71. The summed E-state index contributed by atoms with van der Waals surface area (Å²) in [6.45, 7) is 0.724. The molecule has 4 nitrogen and oxygen atoms in total. The van der Waals surface area contributed by atoms with Crippen molar-refractivity contribution in [1.82, 2.24) is 9.97 Å². The fourth-order valence-electron chi connectivity index (χ4n) is 1.88. The van der Waals surface area contributed by atoms with Gasteiger partial charge in [0.2, 0.25) is 0 Å². The molecule has 5 heteroatoms. The molecule has 0 radical (unpaired) electrons. The van der Waals surface area contributed by atoms with Crippen molar-refractivity contribution in [3.05, 3.63) is 59.0 Å². The van der Waals surface area contributed by atoms with Crippen molar-refractivity contribution < 1.29 is 5.11 Å². The van der Waals surface area contributed by atoms with Crippen LogP contribution >= 0.6 is 11.3 Å². The van der Waals surface area contributed by atoms with E-state index < -0.39 is 0 Å². The van der Waals surface area contributed by atoms with Crippen LogP contribution in [0.3, 0.4) is 0 Å². The number of phenolic OH excluding ortho intramolecular Hbond substituents is 1. The Balaban J connectivity index is 1.86. The maximum atomic E-state index is 9.35. The normalized spacial score (nSPS) is 10.4. The maximum absolute atomic E-state index is 9.35. The standard InChI is InChI=1S/C15H13N3OS/c19-12-5-3-11(4-6-12)14-15(17-8-7-16-14)18-10-13-2-1-9-20-13/h1-9,19H,10H2,(H,17,18). The zero-order valence-electron chi connectivity index (χ0n) is 10.7. The van der Waals surface area contributed by atoms with Crippen molar-refractivity contribution in [2.24, 2.45) is 0 Å². The molecule has 3 rings (SSSR count). The van der Waals surface area contributed by atoms with Gasteiger partial charge in [0.25, 0.3) is 0 Å². The Morgan fingerprint density at radius 2 is 1.85 bits per heavy atom. The molecule has 2 aromatic heterocycles. The second-order valence-electron chi connectivity index (χ2n) is 4.23. The minimum absolute atomic E-state index is 0.241. The van der Waals surface area contributed by atoms with E-state index in [1.165, 1.54) is 4.88 Å². The number of nitrogens with one attached hydrogen (secondary N) is 1. The molecule has 0 spiro atoms. The molecule has 0 fully saturated rings. The zero-order valence-corrected chi connectivity index (χ0v) is 11.5. The molecule has 2 N–H and O–H groups in total. The van der Waals surface area contributed by atoms with Crippen molar-refractivity contribution in [3.8, 4) is 17.0 Å². The molecule has 0 aliphatic rings. The Hall–Kier alpha value is -2.40. The van der Waals surface area contributed by atoms with Gasteiger partial charge in [-0.3, -0.25) is 4.98 Å². The molecule has 3 aromatic rings. The Labute approximate surface area is 120 Å². The van der Waals surface area contributed by atoms with Crippen LogP contribution in [-0.4, -0.2) is 15.1 Å². The summed E-state index contributed by atoms with van der Waals surface area (Å²) in [6, 6.07) is 11.1. The Kier molecular flexibility index (Phi) is 3.60. The lowest BCUT2D eigenvalue weighted by atomic mass is 10.1. The zero-order chi connectivity index (χ0) is 13.8. The minimum atomic E-state index is 0.241. The summed E-state index contributed by atoms with van der Waals surface area (Å²) in [4.78, 5) is 9.96. The van der Waals surface area contributed by atoms with E-state index in [0.717, 1.165) is 23.6 Å². The average Bonchev–Trinajstić information content (AvgIpc) is 3.00. The number of anilines is 1. The SMILES string of the molecule is Oc1ccc(-c2nccnc2NCc2cccs2)cc1. The first kappa shape index (κ1) is 12.6. The smallest absolute Gasteiger partial charge is 0.152 e. The van der Waals surface area contributed by atoms with Gasteiger partial charge in [0.1, 0.15) is 11.4 Å². The molecule has 2 heterocycles. The third-order valence-corrected chi connectivity index (χ3v) is 3.73. The van der Waals surface area contributed by atoms with E-state index in [0.29, 0.717) is 0 Å². The van der Waals surface area contributed by atoms with Crippen LogP contribution in [0, 0.1) is 0 Å². The minimum Gasteiger partial charge on any atom is -0.508 e. The van der Waals surface area contributed by atoms with Gasteiger partial charge < -0.3 is 10.4 Å². The molecule has 1 aromatic carbocycles. The second-order valence-corrected chi connectivity index (χ2v) is 5.27. The molecule has 0 bridgehead atoms. The number of aromatic nitrogens is 2. The van der Waals surface area contributed by atoms with Crippen molar-refractivity contribution in [2.75, 3.05) is 5.32 Å². The van der Waals surface area contributed by atoms with Crippen LogP contribution in [0.4, 0.5) is 5.82 Å². The number of hydrogen-bond donors (Lipinski definition) is 2. The highest BCUT2D eigenvalue weighted by Crippen LogP contribution is 2.25. The number of nitrogens with zero attached hydrogens (tertiary/aromatic N) is 2. The first-order valence-electron chi connectivity index (χ1n) is 6.19. The predicted molar refractivity (Wildman–Crippen MR) is 80.8 cm³/mol. The number of phenols is 1. The number of rotatable bonds is 4. The summed E-state index contributed by atoms with van der Waals surface area (Å²) in [5.41, 5.74) is 1.70. The van der Waals surface area contributed by atoms with E-state index in [1.807, 2.05) is 18.2 Å². The first-order valence-corrected chi connectivity index (χ1v) is 7.07. The van der Waals surface area contributed by atoms with Gasteiger partial charge in [0.05, 0.1) is 6.54 Å². The largest absolute Gasteiger partial charge is 0.508 e. The van der Waals surface area contributed by atoms with Gasteiger partial charge in [-0.1, -0.05) is 6.07 Å².